The van der Waals surface area contributed by atoms with Gasteiger partial charge in [-0.2, -0.15) is 15.0 Å². The molecule has 0 bridgehead atoms. The van der Waals surface area contributed by atoms with E-state index in [0.29, 0.717) is 48.9 Å². The van der Waals surface area contributed by atoms with Crippen LogP contribution in [-0.2, 0) is 22.9 Å². The van der Waals surface area contributed by atoms with Crippen LogP contribution in [0, 0.1) is 0 Å². The second-order valence-corrected chi connectivity index (χ2v) is 14.0. The van der Waals surface area contributed by atoms with Crippen LogP contribution in [0.15, 0.2) is 95.9 Å². The van der Waals surface area contributed by atoms with Gasteiger partial charge in [0.05, 0.1) is 12.0 Å². The molecule has 264 valence electrons. The van der Waals surface area contributed by atoms with Gasteiger partial charge in [0.15, 0.2) is 0 Å². The van der Waals surface area contributed by atoms with Crippen LogP contribution in [0.2, 0.25) is 0 Å². The lowest BCUT2D eigenvalue weighted by Gasteiger charge is -2.17. The number of nitrogens with one attached hydrogen (secondary N) is 4. The molecule has 4 N–H and O–H groups in total. The van der Waals surface area contributed by atoms with Gasteiger partial charge < -0.3 is 25.6 Å². The van der Waals surface area contributed by atoms with Crippen molar-refractivity contribution in [3.8, 4) is 5.75 Å². The van der Waals surface area contributed by atoms with Gasteiger partial charge >= 0.3 is 0 Å². The molecular weight excluding hydrogens is 649 g/mol. The fourth-order valence-corrected chi connectivity index (χ4v) is 6.96. The minimum Gasteiger partial charge on any atom is -0.497 e. The molecule has 0 aliphatic carbocycles. The Morgan fingerprint density at radius 2 is 1.16 bits per heavy atom. The first-order valence-electron chi connectivity index (χ1n) is 17.2. The SMILES string of the molecule is COc1ccc(CCNc2nc(NCCCCCCNS(=O)(=O)c3cccc4c(N(C)C)cccc34)nc(NCCc3ccccc3)n2)cc1. The van der Waals surface area contributed by atoms with Crippen molar-refractivity contribution in [3.63, 3.8) is 0 Å². The van der Waals surface area contributed by atoms with Crippen molar-refractivity contribution in [2.45, 2.75) is 43.4 Å². The number of ether oxygens (including phenoxy) is 1. The van der Waals surface area contributed by atoms with Gasteiger partial charge in [0.1, 0.15) is 5.75 Å². The van der Waals surface area contributed by atoms with Gasteiger partial charge in [0, 0.05) is 56.7 Å². The minimum absolute atomic E-state index is 0.309. The summed E-state index contributed by atoms with van der Waals surface area (Å²) in [7, 11) is 1.94. The van der Waals surface area contributed by atoms with Crippen LogP contribution in [0.25, 0.3) is 10.8 Å². The zero-order valence-corrected chi connectivity index (χ0v) is 30.0. The van der Waals surface area contributed by atoms with E-state index in [4.69, 9.17) is 4.74 Å². The predicted octanol–water partition coefficient (Wildman–Crippen LogP) is 6.36. The topological polar surface area (TPSA) is 133 Å². The Balaban J connectivity index is 1.08. The Bertz CT molecular complexity index is 1910. The van der Waals surface area contributed by atoms with E-state index in [1.807, 2.05) is 73.6 Å². The van der Waals surface area contributed by atoms with Gasteiger partial charge in [0.2, 0.25) is 27.9 Å². The second-order valence-electron chi connectivity index (χ2n) is 12.3. The molecule has 0 unspecified atom stereocenters. The van der Waals surface area contributed by atoms with E-state index >= 15 is 0 Å². The zero-order valence-electron chi connectivity index (χ0n) is 29.2. The van der Waals surface area contributed by atoms with Crippen LogP contribution in [0.4, 0.5) is 23.5 Å². The summed E-state index contributed by atoms with van der Waals surface area (Å²) in [6.07, 6.45) is 5.14. The number of unbranched alkanes of at least 4 members (excludes halogenated alkanes) is 3. The highest BCUT2D eigenvalue weighted by molar-refractivity contribution is 7.89. The predicted molar refractivity (Wildman–Crippen MR) is 204 cm³/mol. The molecule has 0 aliphatic heterocycles. The van der Waals surface area contributed by atoms with Crippen LogP contribution < -0.4 is 30.3 Å². The summed E-state index contributed by atoms with van der Waals surface area (Å²) in [5, 5.41) is 11.7. The molecule has 0 saturated heterocycles. The molecular formula is C38H48N8O3S. The highest BCUT2D eigenvalue weighted by Crippen LogP contribution is 2.30. The summed E-state index contributed by atoms with van der Waals surface area (Å²) in [5.74, 6) is 2.37. The Morgan fingerprint density at radius 1 is 0.600 bits per heavy atom. The van der Waals surface area contributed by atoms with Crippen LogP contribution in [0.1, 0.15) is 36.8 Å². The van der Waals surface area contributed by atoms with Gasteiger partial charge in [-0.05, 0) is 61.1 Å². The lowest BCUT2D eigenvalue weighted by atomic mass is 10.1. The molecule has 1 aromatic heterocycles. The van der Waals surface area contributed by atoms with Crippen molar-refractivity contribution in [2.24, 2.45) is 0 Å². The summed E-state index contributed by atoms with van der Waals surface area (Å²) >= 11 is 0. The minimum atomic E-state index is -3.64. The number of fused-ring (bicyclic) bond motifs is 1. The quantitative estimate of drug-likeness (QED) is 0.0682. The van der Waals surface area contributed by atoms with Crippen LogP contribution in [0.3, 0.4) is 0 Å². The second kappa shape index (κ2) is 18.2. The molecule has 0 saturated carbocycles. The van der Waals surface area contributed by atoms with E-state index in [9.17, 15) is 8.42 Å². The van der Waals surface area contributed by atoms with E-state index in [1.165, 1.54) is 11.1 Å². The third-order valence-corrected chi connectivity index (χ3v) is 9.86. The van der Waals surface area contributed by atoms with Gasteiger partial charge in [-0.25, -0.2) is 13.1 Å². The largest absolute Gasteiger partial charge is 0.497 e. The van der Waals surface area contributed by atoms with Gasteiger partial charge in [-0.15, -0.1) is 0 Å². The first kappa shape index (κ1) is 36.3. The van der Waals surface area contributed by atoms with Gasteiger partial charge in [0.25, 0.3) is 0 Å². The van der Waals surface area contributed by atoms with Crippen LogP contribution in [0.5, 0.6) is 5.75 Å². The molecule has 0 amide bonds. The first-order valence-corrected chi connectivity index (χ1v) is 18.6. The maximum Gasteiger partial charge on any atom is 0.241 e. The number of hydrogen-bond acceptors (Lipinski definition) is 10. The number of rotatable bonds is 20. The van der Waals surface area contributed by atoms with Crippen molar-refractivity contribution < 1.29 is 13.2 Å². The summed E-state index contributed by atoms with van der Waals surface area (Å²) in [4.78, 5) is 16.1. The Kier molecular flexibility index (Phi) is 13.2. The Morgan fingerprint density at radius 3 is 1.78 bits per heavy atom. The smallest absolute Gasteiger partial charge is 0.241 e. The fourth-order valence-electron chi connectivity index (χ4n) is 5.66. The third kappa shape index (κ3) is 10.5. The standard InChI is InChI=1S/C38H48N8O3S/c1-46(2)34-17-11-16-33-32(34)15-12-18-35(33)50(47,48)42-26-10-5-4-9-25-39-36-43-37(40-27-23-29-13-7-6-8-14-29)45-38(44-36)41-28-24-30-19-21-31(49-3)22-20-30/h6-8,11-22,42H,4-5,9-10,23-28H2,1-3H3,(H3,39,40,41,43,44,45). The van der Waals surface area contributed by atoms with Crippen molar-refractivity contribution >= 4 is 44.3 Å². The molecule has 50 heavy (non-hydrogen) atoms. The molecule has 0 aliphatic rings. The Hall–Kier alpha value is -4.94. The van der Waals surface area contributed by atoms with Crippen LogP contribution >= 0.6 is 0 Å². The van der Waals surface area contributed by atoms with E-state index in [-0.39, 0.29) is 0 Å². The molecule has 0 atom stereocenters. The first-order chi connectivity index (χ1) is 24.3. The number of methoxy groups -OCH3 is 1. The third-order valence-electron chi connectivity index (χ3n) is 8.34. The summed E-state index contributed by atoms with van der Waals surface area (Å²) in [5.41, 5.74) is 3.41. The lowest BCUT2D eigenvalue weighted by molar-refractivity contribution is 0.414. The van der Waals surface area contributed by atoms with Crippen molar-refractivity contribution in [2.75, 3.05) is 68.2 Å². The maximum atomic E-state index is 13.2. The fraction of sp³-hybridized carbons (Fsp3) is 0.342. The van der Waals surface area contributed by atoms with Gasteiger partial charge in [-0.3, -0.25) is 0 Å². The van der Waals surface area contributed by atoms with Crippen molar-refractivity contribution in [3.05, 3.63) is 102 Å². The molecule has 4 aromatic carbocycles. The molecule has 5 aromatic rings. The monoisotopic (exact) mass is 696 g/mol. The summed E-state index contributed by atoms with van der Waals surface area (Å²) < 4.78 is 34.5. The molecule has 1 heterocycles. The average Bonchev–Trinajstić information content (AvgIpc) is 3.13. The Labute approximate surface area is 296 Å². The normalized spacial score (nSPS) is 11.3. The molecule has 0 radical (unpaired) electrons. The number of sulfonamides is 1. The van der Waals surface area contributed by atoms with E-state index in [2.05, 4.69) is 59.9 Å². The summed E-state index contributed by atoms with van der Waals surface area (Å²) in [6.45, 7) is 2.44. The molecule has 11 nitrogen and oxygen atoms in total. The number of hydrogen-bond donors (Lipinski definition) is 4. The van der Waals surface area contributed by atoms with Crippen molar-refractivity contribution in [1.29, 1.82) is 0 Å². The lowest BCUT2D eigenvalue weighted by Crippen LogP contribution is -2.25. The number of nitrogens with zero attached hydrogens (tertiary/aromatic N) is 4. The molecule has 5 rings (SSSR count). The number of benzene rings is 4. The molecule has 0 fully saturated rings. The highest BCUT2D eigenvalue weighted by Gasteiger charge is 2.18. The number of aromatic nitrogens is 3. The molecule has 12 heteroatoms. The van der Waals surface area contributed by atoms with E-state index in [1.54, 1.807) is 19.2 Å². The van der Waals surface area contributed by atoms with E-state index < -0.39 is 10.0 Å². The van der Waals surface area contributed by atoms with Crippen molar-refractivity contribution in [1.82, 2.24) is 19.7 Å². The number of anilines is 4. The maximum absolute atomic E-state index is 13.2. The summed E-state index contributed by atoms with van der Waals surface area (Å²) in [6, 6.07) is 29.5. The molecule has 0 spiro atoms. The highest BCUT2D eigenvalue weighted by atomic mass is 32.2. The van der Waals surface area contributed by atoms with E-state index in [0.717, 1.165) is 60.7 Å². The van der Waals surface area contributed by atoms with Crippen LogP contribution in [-0.4, -0.2) is 70.8 Å². The average molecular weight is 697 g/mol. The van der Waals surface area contributed by atoms with Gasteiger partial charge in [-0.1, -0.05) is 79.6 Å². The zero-order chi connectivity index (χ0) is 35.2.